The maximum atomic E-state index is 14.6. The lowest BCUT2D eigenvalue weighted by molar-refractivity contribution is -0.140. The molecule has 0 spiro atoms. The first-order valence-corrected chi connectivity index (χ1v) is 17.8. The molecule has 1 atom stereocenters. The Morgan fingerprint density at radius 2 is 1.57 bits per heavy atom. The van der Waals surface area contributed by atoms with Crippen molar-refractivity contribution in [3.8, 4) is 0 Å². The van der Waals surface area contributed by atoms with Crippen LogP contribution < -0.4 is 9.62 Å². The van der Waals surface area contributed by atoms with Crippen molar-refractivity contribution >= 4 is 55.1 Å². The number of hydrogen-bond donors (Lipinski definition) is 1. The van der Waals surface area contributed by atoms with Crippen LogP contribution in [0.15, 0.2) is 106 Å². The summed E-state index contributed by atoms with van der Waals surface area (Å²) in [6.07, 6.45) is 1.94. The number of unbranched alkanes of at least 4 members (excludes halogenated alkanes) is 1. The van der Waals surface area contributed by atoms with E-state index in [1.165, 1.54) is 17.0 Å². The molecule has 0 saturated carbocycles. The van der Waals surface area contributed by atoms with Crippen molar-refractivity contribution in [2.24, 2.45) is 0 Å². The first-order valence-electron chi connectivity index (χ1n) is 15.2. The van der Waals surface area contributed by atoms with Crippen LogP contribution in [0.1, 0.15) is 42.0 Å². The molecule has 0 heterocycles. The van der Waals surface area contributed by atoms with Crippen molar-refractivity contribution in [2.45, 2.75) is 57.5 Å². The third-order valence-electron chi connectivity index (χ3n) is 7.69. The molecule has 1 N–H and O–H groups in total. The molecule has 0 fully saturated rings. The largest absolute Gasteiger partial charge is 0.354 e. The fourth-order valence-electron chi connectivity index (χ4n) is 5.05. The van der Waals surface area contributed by atoms with Gasteiger partial charge in [0.1, 0.15) is 12.6 Å². The zero-order valence-corrected chi connectivity index (χ0v) is 29.4. The molecule has 0 saturated heterocycles. The Balaban J connectivity index is 1.81. The predicted octanol–water partition coefficient (Wildman–Crippen LogP) is 7.47. The molecule has 0 aliphatic carbocycles. The molecule has 7 nitrogen and oxygen atoms in total. The fraction of sp³-hybridized carbons (Fsp3) is 0.278. The molecule has 242 valence electrons. The minimum atomic E-state index is -4.22. The Kier molecular flexibility index (Phi) is 12.4. The van der Waals surface area contributed by atoms with E-state index in [4.69, 9.17) is 11.6 Å². The van der Waals surface area contributed by atoms with Crippen molar-refractivity contribution in [3.05, 3.63) is 129 Å². The highest BCUT2D eigenvalue weighted by atomic mass is 79.9. The van der Waals surface area contributed by atoms with Gasteiger partial charge >= 0.3 is 0 Å². The first-order chi connectivity index (χ1) is 22.0. The Morgan fingerprint density at radius 3 is 2.22 bits per heavy atom. The highest BCUT2D eigenvalue weighted by Crippen LogP contribution is 2.30. The number of anilines is 1. The van der Waals surface area contributed by atoms with Crippen LogP contribution in [-0.2, 0) is 32.6 Å². The number of nitrogens with zero attached hydrogens (tertiary/aromatic N) is 2. The summed E-state index contributed by atoms with van der Waals surface area (Å²) < 4.78 is 30.5. The monoisotopic (exact) mass is 723 g/mol. The number of carbonyl (C=O) groups excluding carboxylic acids is 2. The number of halogens is 2. The SMILES string of the molecule is CCCCNC(=O)[C@@H](Cc1ccccc1)N(Cc1ccc(Br)cc1)C(=O)CN(c1cc(Cl)ccc1C)S(=O)(=O)c1ccc(C)cc1. The highest BCUT2D eigenvalue weighted by molar-refractivity contribution is 9.10. The van der Waals surface area contributed by atoms with Gasteiger partial charge in [-0.05, 0) is 73.4 Å². The maximum absolute atomic E-state index is 14.6. The second kappa shape index (κ2) is 16.3. The third kappa shape index (κ3) is 9.21. The second-order valence-corrected chi connectivity index (χ2v) is 14.5. The molecule has 4 aromatic carbocycles. The van der Waals surface area contributed by atoms with E-state index in [0.29, 0.717) is 17.1 Å². The van der Waals surface area contributed by atoms with Gasteiger partial charge in [0.05, 0.1) is 10.6 Å². The maximum Gasteiger partial charge on any atom is 0.264 e. The molecule has 0 bridgehead atoms. The van der Waals surface area contributed by atoms with Crippen LogP contribution in [-0.4, -0.2) is 44.3 Å². The number of carbonyl (C=O) groups is 2. The smallest absolute Gasteiger partial charge is 0.264 e. The third-order valence-corrected chi connectivity index (χ3v) is 10.2. The lowest BCUT2D eigenvalue weighted by Crippen LogP contribution is -2.53. The van der Waals surface area contributed by atoms with Crippen molar-refractivity contribution < 1.29 is 18.0 Å². The summed E-state index contributed by atoms with van der Waals surface area (Å²) in [6, 6.07) is 27.5. The molecule has 0 unspecified atom stereocenters. The van der Waals surface area contributed by atoms with E-state index in [-0.39, 0.29) is 29.5 Å². The van der Waals surface area contributed by atoms with E-state index in [2.05, 4.69) is 21.2 Å². The van der Waals surface area contributed by atoms with Crippen LogP contribution in [0.5, 0.6) is 0 Å². The average Bonchev–Trinajstić information content (AvgIpc) is 3.04. The van der Waals surface area contributed by atoms with Crippen LogP contribution in [0, 0.1) is 13.8 Å². The summed E-state index contributed by atoms with van der Waals surface area (Å²) in [4.78, 5) is 30.0. The van der Waals surface area contributed by atoms with Gasteiger partial charge in [0, 0.05) is 29.0 Å². The van der Waals surface area contributed by atoms with Crippen LogP contribution in [0.4, 0.5) is 5.69 Å². The quantitative estimate of drug-likeness (QED) is 0.137. The van der Waals surface area contributed by atoms with Crippen molar-refractivity contribution in [1.29, 1.82) is 0 Å². The molecule has 4 aromatic rings. The van der Waals surface area contributed by atoms with Crippen LogP contribution in [0.2, 0.25) is 5.02 Å². The van der Waals surface area contributed by atoms with E-state index >= 15 is 0 Å². The molecule has 2 amide bonds. The summed E-state index contributed by atoms with van der Waals surface area (Å²) in [6.45, 7) is 5.71. The fourth-order valence-corrected chi connectivity index (χ4v) is 6.95. The van der Waals surface area contributed by atoms with Gasteiger partial charge < -0.3 is 10.2 Å². The lowest BCUT2D eigenvalue weighted by atomic mass is 10.0. The van der Waals surface area contributed by atoms with Gasteiger partial charge in [0.2, 0.25) is 11.8 Å². The molecule has 10 heteroatoms. The minimum absolute atomic E-state index is 0.0443. The first kappa shape index (κ1) is 35.2. The van der Waals surface area contributed by atoms with Crippen molar-refractivity contribution in [3.63, 3.8) is 0 Å². The number of amides is 2. The summed E-state index contributed by atoms with van der Waals surface area (Å²) in [7, 11) is -4.22. The second-order valence-electron chi connectivity index (χ2n) is 11.3. The van der Waals surface area contributed by atoms with Crippen LogP contribution in [0.3, 0.4) is 0 Å². The molecule has 0 aliphatic heterocycles. The lowest BCUT2D eigenvalue weighted by Gasteiger charge is -2.34. The summed E-state index contributed by atoms with van der Waals surface area (Å²) in [5.74, 6) is -0.820. The molecular formula is C36H39BrClN3O4S. The number of benzene rings is 4. The normalized spacial score (nSPS) is 11.9. The van der Waals surface area contributed by atoms with E-state index < -0.39 is 28.5 Å². The van der Waals surface area contributed by atoms with Gasteiger partial charge in [-0.3, -0.25) is 13.9 Å². The zero-order valence-electron chi connectivity index (χ0n) is 26.2. The van der Waals surface area contributed by atoms with Crippen molar-refractivity contribution in [1.82, 2.24) is 10.2 Å². The topological polar surface area (TPSA) is 86.8 Å². The molecule has 4 rings (SSSR count). The summed E-state index contributed by atoms with van der Waals surface area (Å²) in [5.41, 5.74) is 3.49. The Morgan fingerprint density at radius 1 is 0.891 bits per heavy atom. The number of hydrogen-bond acceptors (Lipinski definition) is 4. The van der Waals surface area contributed by atoms with E-state index in [9.17, 15) is 18.0 Å². The standard InChI is InChI=1S/C36H39BrClN3O4S/c1-4-5-21-39-36(43)34(22-28-9-7-6-8-10-28)40(24-29-14-16-30(37)17-15-29)35(42)25-41(33-23-31(38)18-13-27(33)3)46(44,45)32-19-11-26(2)12-20-32/h6-20,23,34H,4-5,21-22,24-25H2,1-3H3,(H,39,43)/t34-/m1/s1. The molecule has 0 aliphatic rings. The van der Waals surface area contributed by atoms with Gasteiger partial charge in [0.15, 0.2) is 0 Å². The van der Waals surface area contributed by atoms with Gasteiger partial charge in [0.25, 0.3) is 10.0 Å². The van der Waals surface area contributed by atoms with E-state index in [1.54, 1.807) is 37.3 Å². The van der Waals surface area contributed by atoms with E-state index in [1.807, 2.05) is 68.4 Å². The van der Waals surface area contributed by atoms with E-state index in [0.717, 1.165) is 38.3 Å². The zero-order chi connectivity index (χ0) is 33.3. The number of aryl methyl sites for hydroxylation is 2. The molecular weight excluding hydrogens is 686 g/mol. The molecule has 0 radical (unpaired) electrons. The predicted molar refractivity (Wildman–Crippen MR) is 188 cm³/mol. The van der Waals surface area contributed by atoms with Gasteiger partial charge in [-0.1, -0.05) is 107 Å². The molecule has 46 heavy (non-hydrogen) atoms. The number of nitrogens with one attached hydrogen (secondary N) is 1. The minimum Gasteiger partial charge on any atom is -0.354 e. The number of rotatable bonds is 14. The Bertz CT molecular complexity index is 1730. The molecule has 0 aromatic heterocycles. The van der Waals surface area contributed by atoms with Gasteiger partial charge in [-0.25, -0.2) is 8.42 Å². The highest BCUT2D eigenvalue weighted by Gasteiger charge is 2.35. The van der Waals surface area contributed by atoms with Gasteiger partial charge in [-0.2, -0.15) is 0 Å². The van der Waals surface area contributed by atoms with Crippen LogP contribution in [0.25, 0.3) is 0 Å². The average molecular weight is 725 g/mol. The Hall–Kier alpha value is -3.66. The van der Waals surface area contributed by atoms with Gasteiger partial charge in [-0.15, -0.1) is 0 Å². The summed E-state index contributed by atoms with van der Waals surface area (Å²) in [5, 5.41) is 3.34. The Labute approximate surface area is 285 Å². The van der Waals surface area contributed by atoms with Crippen molar-refractivity contribution in [2.75, 3.05) is 17.4 Å². The van der Waals surface area contributed by atoms with Crippen LogP contribution >= 0.6 is 27.5 Å². The summed E-state index contributed by atoms with van der Waals surface area (Å²) >= 11 is 9.83. The number of sulfonamides is 1.